The van der Waals surface area contributed by atoms with Crippen LogP contribution in [0.15, 0.2) is 18.2 Å². The van der Waals surface area contributed by atoms with Crippen LogP contribution in [-0.4, -0.2) is 12.6 Å². The molecule has 1 heterocycles. The lowest BCUT2D eigenvalue weighted by Crippen LogP contribution is -2.46. The van der Waals surface area contributed by atoms with Crippen molar-refractivity contribution in [2.45, 2.75) is 46.2 Å². The minimum atomic E-state index is -0.282. The number of anilines is 1. The van der Waals surface area contributed by atoms with Gasteiger partial charge in [0.15, 0.2) is 0 Å². The Morgan fingerprint density at radius 2 is 2.00 bits per heavy atom. The van der Waals surface area contributed by atoms with E-state index < -0.39 is 0 Å². The minimum Gasteiger partial charge on any atom is -0.368 e. The van der Waals surface area contributed by atoms with E-state index in [1.807, 2.05) is 13.0 Å². The van der Waals surface area contributed by atoms with Crippen LogP contribution in [-0.2, 0) is 0 Å². The van der Waals surface area contributed by atoms with E-state index in [0.29, 0.717) is 23.4 Å². The van der Waals surface area contributed by atoms with E-state index in [2.05, 4.69) is 25.7 Å². The summed E-state index contributed by atoms with van der Waals surface area (Å²) in [7, 11) is 0. The average Bonchev–Trinajstić information content (AvgIpc) is 2.33. The predicted octanol–water partition coefficient (Wildman–Crippen LogP) is 3.72. The molecule has 1 fully saturated rings. The maximum absolute atomic E-state index is 14.1. The van der Waals surface area contributed by atoms with Gasteiger partial charge in [-0.2, -0.15) is 0 Å². The molecule has 0 aliphatic carbocycles. The molecule has 2 rings (SSSR count). The number of piperidine rings is 1. The monoisotopic (exact) mass is 264 g/mol. The van der Waals surface area contributed by atoms with Crippen molar-refractivity contribution in [2.24, 2.45) is 17.6 Å². The molecular weight excluding hydrogens is 239 g/mol. The van der Waals surface area contributed by atoms with Crippen molar-refractivity contribution >= 4 is 5.69 Å². The van der Waals surface area contributed by atoms with Crippen LogP contribution in [0.3, 0.4) is 0 Å². The Labute approximate surface area is 115 Å². The van der Waals surface area contributed by atoms with Crippen molar-refractivity contribution in [3.05, 3.63) is 29.6 Å². The third kappa shape index (κ3) is 2.76. The molecule has 0 bridgehead atoms. The Kier molecular flexibility index (Phi) is 4.14. The molecule has 0 radical (unpaired) electrons. The first-order chi connectivity index (χ1) is 8.91. The molecule has 1 aromatic carbocycles. The van der Waals surface area contributed by atoms with Gasteiger partial charge in [0.05, 0.1) is 0 Å². The molecule has 106 valence electrons. The lowest BCUT2D eigenvalue weighted by Gasteiger charge is -2.43. The van der Waals surface area contributed by atoms with Gasteiger partial charge < -0.3 is 10.6 Å². The molecule has 3 unspecified atom stereocenters. The largest absolute Gasteiger partial charge is 0.368 e. The summed E-state index contributed by atoms with van der Waals surface area (Å²) >= 11 is 0. The van der Waals surface area contributed by atoms with Gasteiger partial charge in [0.1, 0.15) is 5.82 Å². The number of rotatable bonds is 2. The van der Waals surface area contributed by atoms with Crippen molar-refractivity contribution < 1.29 is 4.39 Å². The maximum atomic E-state index is 14.1. The summed E-state index contributed by atoms with van der Waals surface area (Å²) in [5.74, 6) is 1.06. The van der Waals surface area contributed by atoms with Crippen LogP contribution in [0.1, 0.15) is 45.7 Å². The first-order valence-corrected chi connectivity index (χ1v) is 7.22. The maximum Gasteiger partial charge on any atom is 0.130 e. The number of nitrogens with two attached hydrogens (primary N) is 1. The van der Waals surface area contributed by atoms with E-state index in [1.54, 1.807) is 6.07 Å². The molecular formula is C16H25FN2. The number of hydrogen-bond acceptors (Lipinski definition) is 2. The van der Waals surface area contributed by atoms with Crippen LogP contribution in [0.5, 0.6) is 0 Å². The van der Waals surface area contributed by atoms with Crippen LogP contribution < -0.4 is 10.6 Å². The van der Waals surface area contributed by atoms with Crippen LogP contribution in [0.4, 0.5) is 10.1 Å². The van der Waals surface area contributed by atoms with Crippen LogP contribution in [0.2, 0.25) is 0 Å². The van der Waals surface area contributed by atoms with Crippen molar-refractivity contribution in [3.8, 4) is 0 Å². The summed E-state index contributed by atoms with van der Waals surface area (Å²) in [6.07, 6.45) is 1.24. The fourth-order valence-corrected chi connectivity index (χ4v) is 3.26. The molecule has 3 heteroatoms. The third-order valence-corrected chi connectivity index (χ3v) is 4.39. The summed E-state index contributed by atoms with van der Waals surface area (Å²) in [6, 6.07) is 5.44. The third-order valence-electron chi connectivity index (χ3n) is 4.39. The Bertz CT molecular complexity index is 444. The predicted molar refractivity (Wildman–Crippen MR) is 78.8 cm³/mol. The van der Waals surface area contributed by atoms with Gasteiger partial charge in [-0.25, -0.2) is 4.39 Å². The van der Waals surface area contributed by atoms with Gasteiger partial charge in [0, 0.05) is 29.9 Å². The number of halogens is 1. The highest BCUT2D eigenvalue weighted by atomic mass is 19.1. The fraction of sp³-hybridized carbons (Fsp3) is 0.625. The molecule has 0 aromatic heterocycles. The number of hydrogen-bond donors (Lipinski definition) is 1. The Morgan fingerprint density at radius 3 is 2.63 bits per heavy atom. The van der Waals surface area contributed by atoms with Gasteiger partial charge in [-0.15, -0.1) is 0 Å². The Morgan fingerprint density at radius 1 is 1.32 bits per heavy atom. The minimum absolute atomic E-state index is 0.189. The molecule has 1 saturated heterocycles. The molecule has 1 aliphatic rings. The quantitative estimate of drug-likeness (QED) is 0.882. The molecule has 1 aromatic rings. The lowest BCUT2D eigenvalue weighted by molar-refractivity contribution is 0.296. The zero-order valence-corrected chi connectivity index (χ0v) is 12.4. The van der Waals surface area contributed by atoms with E-state index in [9.17, 15) is 4.39 Å². The van der Waals surface area contributed by atoms with E-state index in [1.165, 1.54) is 12.5 Å². The van der Waals surface area contributed by atoms with E-state index in [0.717, 1.165) is 12.2 Å². The second-order valence-electron chi connectivity index (χ2n) is 6.17. The molecule has 2 N–H and O–H groups in total. The second kappa shape index (κ2) is 5.49. The Hall–Kier alpha value is -1.09. The topological polar surface area (TPSA) is 29.3 Å². The highest BCUT2D eigenvalue weighted by molar-refractivity contribution is 5.56. The van der Waals surface area contributed by atoms with Gasteiger partial charge in [-0.1, -0.05) is 19.9 Å². The molecule has 4 atom stereocenters. The van der Waals surface area contributed by atoms with Crippen molar-refractivity contribution in [1.82, 2.24) is 0 Å². The summed E-state index contributed by atoms with van der Waals surface area (Å²) < 4.78 is 14.1. The van der Waals surface area contributed by atoms with Crippen LogP contribution in [0.25, 0.3) is 0 Å². The van der Waals surface area contributed by atoms with E-state index in [4.69, 9.17) is 5.73 Å². The smallest absolute Gasteiger partial charge is 0.130 e. The first-order valence-electron chi connectivity index (χ1n) is 7.22. The molecule has 0 amide bonds. The summed E-state index contributed by atoms with van der Waals surface area (Å²) in [5, 5.41) is 0. The SMILES string of the molecule is CC1CC(C)C(C)N(c2cccc(F)c2[C@@H](C)N)C1. The summed E-state index contributed by atoms with van der Waals surface area (Å²) in [4.78, 5) is 2.33. The fourth-order valence-electron chi connectivity index (χ4n) is 3.26. The average molecular weight is 264 g/mol. The van der Waals surface area contributed by atoms with Gasteiger partial charge in [-0.05, 0) is 44.2 Å². The summed E-state index contributed by atoms with van der Waals surface area (Å²) in [5.41, 5.74) is 7.59. The molecule has 0 saturated carbocycles. The van der Waals surface area contributed by atoms with Crippen LogP contribution in [0, 0.1) is 17.7 Å². The standard InChI is InChI=1S/C16H25FN2/c1-10-8-11(2)13(4)19(9-10)15-7-5-6-14(17)16(15)12(3)18/h5-7,10-13H,8-9,18H2,1-4H3/t10?,11?,12-,13?/m1/s1. The van der Waals surface area contributed by atoms with Gasteiger partial charge in [-0.3, -0.25) is 0 Å². The normalized spacial score (nSPS) is 29.4. The molecule has 0 spiro atoms. The zero-order chi connectivity index (χ0) is 14.2. The van der Waals surface area contributed by atoms with Crippen LogP contribution >= 0.6 is 0 Å². The molecule has 1 aliphatic heterocycles. The molecule has 2 nitrogen and oxygen atoms in total. The van der Waals surface area contributed by atoms with Gasteiger partial charge in [0.25, 0.3) is 0 Å². The Balaban J connectivity index is 2.43. The number of benzene rings is 1. The van der Waals surface area contributed by atoms with Gasteiger partial charge >= 0.3 is 0 Å². The second-order valence-corrected chi connectivity index (χ2v) is 6.17. The van der Waals surface area contributed by atoms with Crippen molar-refractivity contribution in [3.63, 3.8) is 0 Å². The molecule has 19 heavy (non-hydrogen) atoms. The highest BCUT2D eigenvalue weighted by Crippen LogP contribution is 2.35. The lowest BCUT2D eigenvalue weighted by atomic mass is 9.85. The first kappa shape index (κ1) is 14.3. The van der Waals surface area contributed by atoms with E-state index in [-0.39, 0.29) is 11.9 Å². The number of nitrogens with zero attached hydrogens (tertiary/aromatic N) is 1. The summed E-state index contributed by atoms with van der Waals surface area (Å²) in [6.45, 7) is 9.60. The van der Waals surface area contributed by atoms with E-state index >= 15 is 0 Å². The van der Waals surface area contributed by atoms with Crippen molar-refractivity contribution in [2.75, 3.05) is 11.4 Å². The zero-order valence-electron chi connectivity index (χ0n) is 12.4. The van der Waals surface area contributed by atoms with Gasteiger partial charge in [0.2, 0.25) is 0 Å². The van der Waals surface area contributed by atoms with Crippen molar-refractivity contribution in [1.29, 1.82) is 0 Å². The highest BCUT2D eigenvalue weighted by Gasteiger charge is 2.31.